The zero-order chi connectivity index (χ0) is 13.5. The first-order chi connectivity index (χ1) is 9.81. The van der Waals surface area contributed by atoms with E-state index in [1.807, 2.05) is 30.3 Å². The quantitative estimate of drug-likeness (QED) is 0.663. The van der Waals surface area contributed by atoms with Crippen molar-refractivity contribution in [2.75, 3.05) is 0 Å². The molecule has 1 aliphatic carbocycles. The molecule has 4 rings (SSSR count). The summed E-state index contributed by atoms with van der Waals surface area (Å²) in [6.45, 7) is 0. The third-order valence-electron chi connectivity index (χ3n) is 3.84. The Labute approximate surface area is 121 Å². The van der Waals surface area contributed by atoms with Crippen molar-refractivity contribution in [2.45, 2.75) is 19.3 Å². The Morgan fingerprint density at radius 1 is 1.15 bits per heavy atom. The van der Waals surface area contributed by atoms with Crippen LogP contribution in [0.5, 0.6) is 0 Å². The molecule has 2 heterocycles. The fourth-order valence-electron chi connectivity index (χ4n) is 2.79. The van der Waals surface area contributed by atoms with E-state index in [0.717, 1.165) is 34.2 Å². The second kappa shape index (κ2) is 4.53. The average molecular weight is 279 g/mol. The van der Waals surface area contributed by atoms with Gasteiger partial charge >= 0.3 is 0 Å². The van der Waals surface area contributed by atoms with Crippen LogP contribution in [-0.2, 0) is 12.8 Å². The van der Waals surface area contributed by atoms with Gasteiger partial charge in [0, 0.05) is 22.0 Å². The van der Waals surface area contributed by atoms with Gasteiger partial charge in [0.25, 0.3) is 0 Å². The number of benzene rings is 1. The van der Waals surface area contributed by atoms with Crippen LogP contribution >= 0.6 is 11.3 Å². The highest BCUT2D eigenvalue weighted by atomic mass is 32.1. The smallest absolute Gasteiger partial charge is 0.203 e. The second-order valence-electron chi connectivity index (χ2n) is 5.15. The molecule has 0 spiro atoms. The standard InChI is InChI=1S/C17H13NOS/c19-17(16-10-12-3-1-5-15(12)20-16)13-7-6-11-4-2-8-18-14(11)9-13/h2,4,6-10H,1,3,5H2. The van der Waals surface area contributed by atoms with E-state index in [2.05, 4.69) is 11.1 Å². The highest BCUT2D eigenvalue weighted by Gasteiger charge is 2.19. The van der Waals surface area contributed by atoms with Crippen molar-refractivity contribution in [3.8, 4) is 0 Å². The zero-order valence-corrected chi connectivity index (χ0v) is 11.7. The fraction of sp³-hybridized carbons (Fsp3) is 0.176. The number of fused-ring (bicyclic) bond motifs is 2. The van der Waals surface area contributed by atoms with E-state index in [0.29, 0.717) is 0 Å². The number of carbonyl (C=O) groups excluding carboxylic acids is 1. The summed E-state index contributed by atoms with van der Waals surface area (Å²) in [5.41, 5.74) is 2.98. The number of aryl methyl sites for hydroxylation is 2. The molecule has 1 aromatic carbocycles. The van der Waals surface area contributed by atoms with Crippen LogP contribution in [0.1, 0.15) is 32.1 Å². The van der Waals surface area contributed by atoms with Gasteiger partial charge in [0.05, 0.1) is 10.4 Å². The van der Waals surface area contributed by atoms with E-state index in [-0.39, 0.29) is 5.78 Å². The summed E-state index contributed by atoms with van der Waals surface area (Å²) < 4.78 is 0. The maximum absolute atomic E-state index is 12.6. The monoisotopic (exact) mass is 279 g/mol. The average Bonchev–Trinajstić information content (AvgIpc) is 3.07. The highest BCUT2D eigenvalue weighted by Crippen LogP contribution is 2.32. The molecule has 0 amide bonds. The lowest BCUT2D eigenvalue weighted by Gasteiger charge is -2.01. The lowest BCUT2D eigenvalue weighted by atomic mass is 10.1. The van der Waals surface area contributed by atoms with Gasteiger partial charge in [-0.15, -0.1) is 11.3 Å². The Morgan fingerprint density at radius 3 is 3.00 bits per heavy atom. The first-order valence-electron chi connectivity index (χ1n) is 6.82. The van der Waals surface area contributed by atoms with Crippen LogP contribution in [0.15, 0.2) is 42.6 Å². The van der Waals surface area contributed by atoms with Crippen molar-refractivity contribution < 1.29 is 4.79 Å². The van der Waals surface area contributed by atoms with E-state index >= 15 is 0 Å². The SMILES string of the molecule is O=C(c1ccc2cccnc2c1)c1cc2c(s1)CCC2. The van der Waals surface area contributed by atoms with Crippen molar-refractivity contribution in [3.63, 3.8) is 0 Å². The zero-order valence-electron chi connectivity index (χ0n) is 10.9. The van der Waals surface area contributed by atoms with Crippen molar-refractivity contribution in [1.29, 1.82) is 0 Å². The van der Waals surface area contributed by atoms with E-state index in [1.165, 1.54) is 16.9 Å². The summed E-state index contributed by atoms with van der Waals surface area (Å²) in [6, 6.07) is 11.8. The Balaban J connectivity index is 1.75. The Morgan fingerprint density at radius 2 is 2.10 bits per heavy atom. The van der Waals surface area contributed by atoms with Crippen LogP contribution in [0, 0.1) is 0 Å². The van der Waals surface area contributed by atoms with Gasteiger partial charge in [-0.3, -0.25) is 9.78 Å². The molecule has 0 atom stereocenters. The number of hydrogen-bond acceptors (Lipinski definition) is 3. The summed E-state index contributed by atoms with van der Waals surface area (Å²) in [7, 11) is 0. The van der Waals surface area contributed by atoms with Gasteiger partial charge < -0.3 is 0 Å². The summed E-state index contributed by atoms with van der Waals surface area (Å²) in [5.74, 6) is 0.122. The van der Waals surface area contributed by atoms with Gasteiger partial charge in [0.1, 0.15) is 0 Å². The van der Waals surface area contributed by atoms with Crippen molar-refractivity contribution >= 4 is 28.0 Å². The van der Waals surface area contributed by atoms with E-state index in [4.69, 9.17) is 0 Å². The van der Waals surface area contributed by atoms with Gasteiger partial charge in [-0.1, -0.05) is 18.2 Å². The summed E-state index contributed by atoms with van der Waals surface area (Å²) in [6.07, 6.45) is 5.25. The number of aromatic nitrogens is 1. The maximum atomic E-state index is 12.6. The molecular weight excluding hydrogens is 266 g/mol. The number of carbonyl (C=O) groups is 1. The lowest BCUT2D eigenvalue weighted by molar-refractivity contribution is 0.104. The number of nitrogens with zero attached hydrogens (tertiary/aromatic N) is 1. The minimum Gasteiger partial charge on any atom is -0.288 e. The number of rotatable bonds is 2. The third-order valence-corrected chi connectivity index (χ3v) is 5.07. The molecular formula is C17H13NOS. The molecule has 0 fully saturated rings. The summed E-state index contributed by atoms with van der Waals surface area (Å²) >= 11 is 1.66. The minimum atomic E-state index is 0.122. The molecule has 0 saturated heterocycles. The van der Waals surface area contributed by atoms with E-state index < -0.39 is 0 Å². The summed E-state index contributed by atoms with van der Waals surface area (Å²) in [4.78, 5) is 19.2. The molecule has 20 heavy (non-hydrogen) atoms. The van der Waals surface area contributed by atoms with Gasteiger partial charge in [-0.2, -0.15) is 0 Å². The Bertz CT molecular complexity index is 797. The maximum Gasteiger partial charge on any atom is 0.203 e. The van der Waals surface area contributed by atoms with Gasteiger partial charge in [0.15, 0.2) is 0 Å². The fourth-order valence-corrected chi connectivity index (χ4v) is 4.01. The van der Waals surface area contributed by atoms with Crippen LogP contribution in [-0.4, -0.2) is 10.8 Å². The first-order valence-corrected chi connectivity index (χ1v) is 7.64. The topological polar surface area (TPSA) is 30.0 Å². The van der Waals surface area contributed by atoms with E-state index in [1.54, 1.807) is 17.5 Å². The van der Waals surface area contributed by atoms with Crippen molar-refractivity contribution in [3.05, 3.63) is 63.5 Å². The molecule has 0 aliphatic heterocycles. The highest BCUT2D eigenvalue weighted by molar-refractivity contribution is 7.14. The van der Waals surface area contributed by atoms with Crippen molar-refractivity contribution in [2.24, 2.45) is 0 Å². The molecule has 0 radical (unpaired) electrons. The van der Waals surface area contributed by atoms with Crippen LogP contribution < -0.4 is 0 Å². The predicted molar refractivity (Wildman–Crippen MR) is 81.5 cm³/mol. The van der Waals surface area contributed by atoms with Crippen LogP contribution in [0.4, 0.5) is 0 Å². The van der Waals surface area contributed by atoms with Gasteiger partial charge in [-0.25, -0.2) is 0 Å². The predicted octanol–water partition coefficient (Wildman–Crippen LogP) is 4.02. The largest absolute Gasteiger partial charge is 0.288 e. The molecule has 0 N–H and O–H groups in total. The van der Waals surface area contributed by atoms with Crippen LogP contribution in [0.2, 0.25) is 0 Å². The van der Waals surface area contributed by atoms with E-state index in [9.17, 15) is 4.79 Å². The number of hydrogen-bond donors (Lipinski definition) is 0. The Kier molecular flexibility index (Phi) is 2.67. The molecule has 98 valence electrons. The second-order valence-corrected chi connectivity index (χ2v) is 6.29. The molecule has 2 nitrogen and oxygen atoms in total. The molecule has 1 aliphatic rings. The van der Waals surface area contributed by atoms with Gasteiger partial charge in [-0.05, 0) is 43.0 Å². The molecule has 0 saturated carbocycles. The molecule has 0 bridgehead atoms. The van der Waals surface area contributed by atoms with Gasteiger partial charge in [0.2, 0.25) is 5.78 Å². The summed E-state index contributed by atoms with van der Waals surface area (Å²) in [5, 5.41) is 1.07. The number of pyridine rings is 1. The Hall–Kier alpha value is -2.00. The molecule has 0 unspecified atom stereocenters. The van der Waals surface area contributed by atoms with Crippen LogP contribution in [0.3, 0.4) is 0 Å². The minimum absolute atomic E-state index is 0.122. The van der Waals surface area contributed by atoms with Crippen molar-refractivity contribution in [1.82, 2.24) is 4.98 Å². The normalized spacial score (nSPS) is 13.6. The molecule has 3 heteroatoms. The molecule has 2 aromatic heterocycles. The molecule has 3 aromatic rings. The third kappa shape index (κ3) is 1.86. The van der Waals surface area contributed by atoms with Crippen LogP contribution in [0.25, 0.3) is 10.9 Å². The number of thiophene rings is 1. The number of ketones is 1. The lowest BCUT2D eigenvalue weighted by Crippen LogP contribution is -1.98. The first kappa shape index (κ1) is 11.8.